The van der Waals surface area contributed by atoms with Crippen molar-refractivity contribution in [2.45, 2.75) is 44.1 Å². The Labute approximate surface area is 153 Å². The number of likely N-dealkylation sites (tertiary alicyclic amines) is 1. The quantitative estimate of drug-likeness (QED) is 0.890. The van der Waals surface area contributed by atoms with Gasteiger partial charge in [0.05, 0.1) is 24.6 Å². The van der Waals surface area contributed by atoms with Crippen LogP contribution < -0.4 is 0 Å². The van der Waals surface area contributed by atoms with Crippen LogP contribution in [0, 0.1) is 0 Å². The van der Waals surface area contributed by atoms with Crippen molar-refractivity contribution < 1.29 is 14.6 Å². The Morgan fingerprint density at radius 2 is 2.00 bits per heavy atom. The van der Waals surface area contributed by atoms with Gasteiger partial charge in [-0.3, -0.25) is 4.79 Å². The Bertz CT molecular complexity index is 626. The van der Waals surface area contributed by atoms with Gasteiger partial charge in [-0.25, -0.2) is 0 Å². The Hall–Kier alpha value is -0.950. The number of aryl methyl sites for hydroxylation is 1. The highest BCUT2D eigenvalue weighted by Crippen LogP contribution is 2.31. The van der Waals surface area contributed by atoms with Gasteiger partial charge in [-0.2, -0.15) is 0 Å². The first-order valence-corrected chi connectivity index (χ1v) is 10.4. The molecule has 1 N–H and O–H groups in total. The summed E-state index contributed by atoms with van der Waals surface area (Å²) in [7, 11) is 0. The molecular formula is C19H28N2O3S. The van der Waals surface area contributed by atoms with Gasteiger partial charge >= 0.3 is 0 Å². The first-order valence-electron chi connectivity index (χ1n) is 9.56. The minimum absolute atomic E-state index is 0.0819. The fourth-order valence-electron chi connectivity index (χ4n) is 4.39. The van der Waals surface area contributed by atoms with Crippen LogP contribution in [0.25, 0.3) is 0 Å². The zero-order valence-corrected chi connectivity index (χ0v) is 15.7. The van der Waals surface area contributed by atoms with Gasteiger partial charge in [0.1, 0.15) is 5.60 Å². The first-order chi connectivity index (χ1) is 12.1. The van der Waals surface area contributed by atoms with E-state index in [0.717, 1.165) is 30.8 Å². The number of hydrogen-bond donors (Lipinski definition) is 1. The first kappa shape index (κ1) is 17.5. The minimum atomic E-state index is -0.964. The number of thiophene rings is 1. The van der Waals surface area contributed by atoms with Crippen LogP contribution in [-0.2, 0) is 17.6 Å². The summed E-state index contributed by atoms with van der Waals surface area (Å²) in [4.78, 5) is 18.2. The predicted molar refractivity (Wildman–Crippen MR) is 98.3 cm³/mol. The predicted octanol–water partition coefficient (Wildman–Crippen LogP) is 1.93. The van der Waals surface area contributed by atoms with E-state index in [1.165, 1.54) is 36.8 Å². The number of carbonyl (C=O) groups is 1. The molecule has 1 aliphatic carbocycles. The minimum Gasteiger partial charge on any atom is -0.384 e. The lowest BCUT2D eigenvalue weighted by Crippen LogP contribution is -2.53. The van der Waals surface area contributed by atoms with Crippen molar-refractivity contribution >= 4 is 17.2 Å². The molecule has 25 heavy (non-hydrogen) atoms. The third-order valence-corrected chi connectivity index (χ3v) is 6.72. The number of fused-ring (bicyclic) bond motifs is 1. The topological polar surface area (TPSA) is 53.0 Å². The van der Waals surface area contributed by atoms with Crippen molar-refractivity contribution in [1.29, 1.82) is 0 Å². The van der Waals surface area contributed by atoms with E-state index in [-0.39, 0.29) is 5.91 Å². The second-order valence-electron chi connectivity index (χ2n) is 7.76. The van der Waals surface area contributed by atoms with Crippen LogP contribution in [0.5, 0.6) is 0 Å². The van der Waals surface area contributed by atoms with Crippen LogP contribution in [0.3, 0.4) is 0 Å². The van der Waals surface area contributed by atoms with Crippen molar-refractivity contribution in [3.05, 3.63) is 21.4 Å². The Balaban J connectivity index is 1.50. The summed E-state index contributed by atoms with van der Waals surface area (Å²) in [5, 5.41) is 13.3. The zero-order chi connectivity index (χ0) is 17.3. The van der Waals surface area contributed by atoms with Crippen LogP contribution in [0.2, 0.25) is 0 Å². The van der Waals surface area contributed by atoms with Crippen molar-refractivity contribution in [2.75, 3.05) is 45.9 Å². The molecule has 1 amide bonds. The van der Waals surface area contributed by atoms with Crippen LogP contribution in [0.15, 0.2) is 5.38 Å². The molecule has 5 nitrogen and oxygen atoms in total. The Morgan fingerprint density at radius 3 is 2.84 bits per heavy atom. The maximum atomic E-state index is 13.2. The number of carbonyl (C=O) groups excluding carboxylic acids is 1. The highest BCUT2D eigenvalue weighted by molar-refractivity contribution is 7.12. The lowest BCUT2D eigenvalue weighted by atomic mass is 9.93. The average Bonchev–Trinajstić information content (AvgIpc) is 3.22. The maximum Gasteiger partial charge on any atom is 0.264 e. The highest BCUT2D eigenvalue weighted by Gasteiger charge is 2.37. The molecular weight excluding hydrogens is 336 g/mol. The normalized spacial score (nSPS) is 28.0. The fourth-order valence-corrected chi connectivity index (χ4v) is 5.51. The van der Waals surface area contributed by atoms with E-state index < -0.39 is 5.60 Å². The van der Waals surface area contributed by atoms with E-state index in [1.54, 1.807) is 11.3 Å². The zero-order valence-electron chi connectivity index (χ0n) is 14.8. The molecule has 0 radical (unpaired) electrons. The van der Waals surface area contributed by atoms with E-state index in [1.807, 2.05) is 4.90 Å². The molecule has 0 saturated carbocycles. The van der Waals surface area contributed by atoms with Crippen LogP contribution in [0.1, 0.15) is 46.5 Å². The summed E-state index contributed by atoms with van der Waals surface area (Å²) < 4.78 is 5.66. The van der Waals surface area contributed by atoms with Gasteiger partial charge in [-0.05, 0) is 68.1 Å². The number of β-amino-alcohol motifs (C(OH)–C–C–N with tert-alkyl or cyclic N) is 1. The Kier molecular flexibility index (Phi) is 5.13. The van der Waals surface area contributed by atoms with Crippen molar-refractivity contribution in [1.82, 2.24) is 9.80 Å². The number of nitrogens with zero attached hydrogens (tertiary/aromatic N) is 2. The summed E-state index contributed by atoms with van der Waals surface area (Å²) in [5.41, 5.74) is 1.65. The van der Waals surface area contributed by atoms with Crippen molar-refractivity contribution in [2.24, 2.45) is 0 Å². The Morgan fingerprint density at radius 1 is 1.20 bits per heavy atom. The van der Waals surface area contributed by atoms with E-state index in [2.05, 4.69) is 10.3 Å². The third kappa shape index (κ3) is 3.77. The number of rotatable bonds is 3. The molecule has 2 fully saturated rings. The van der Waals surface area contributed by atoms with Gasteiger partial charge in [0, 0.05) is 13.1 Å². The van der Waals surface area contributed by atoms with Crippen LogP contribution in [-0.4, -0.2) is 72.4 Å². The third-order valence-electron chi connectivity index (χ3n) is 5.66. The van der Waals surface area contributed by atoms with Crippen molar-refractivity contribution in [3.8, 4) is 0 Å². The number of amides is 1. The fraction of sp³-hybridized carbons (Fsp3) is 0.737. The van der Waals surface area contributed by atoms with Crippen LogP contribution >= 0.6 is 11.3 Å². The van der Waals surface area contributed by atoms with Gasteiger partial charge in [-0.15, -0.1) is 11.3 Å². The van der Waals surface area contributed by atoms with Gasteiger partial charge < -0.3 is 19.6 Å². The van der Waals surface area contributed by atoms with Crippen molar-refractivity contribution in [3.63, 3.8) is 0 Å². The molecule has 2 aliphatic heterocycles. The molecule has 4 rings (SSSR count). The smallest absolute Gasteiger partial charge is 0.264 e. The standard InChI is InChI=1S/C19H28N2O3S/c22-18(17-16-6-2-1-5-15(16)11-25-17)21-9-10-24-14-19(23,13-21)12-20-7-3-4-8-20/h11,23H,1-10,12-14H2/t19-/m1/s1. The number of hydrogen-bond acceptors (Lipinski definition) is 5. The van der Waals surface area contributed by atoms with Crippen LogP contribution in [0.4, 0.5) is 0 Å². The van der Waals surface area contributed by atoms with E-state index >= 15 is 0 Å². The SMILES string of the molecule is O=C(c1scc2c1CCCC2)N1CCOC[C@@](O)(CN2CCCC2)C1. The monoisotopic (exact) mass is 364 g/mol. The van der Waals surface area contributed by atoms with Gasteiger partial charge in [0.25, 0.3) is 5.91 Å². The van der Waals surface area contributed by atoms with E-state index in [0.29, 0.717) is 32.8 Å². The summed E-state index contributed by atoms with van der Waals surface area (Å²) in [5.74, 6) is 0.0819. The molecule has 0 unspecified atom stereocenters. The summed E-state index contributed by atoms with van der Waals surface area (Å²) in [6.07, 6.45) is 6.90. The van der Waals surface area contributed by atoms with E-state index in [4.69, 9.17) is 4.74 Å². The summed E-state index contributed by atoms with van der Waals surface area (Å²) >= 11 is 1.58. The molecule has 1 atom stereocenters. The second-order valence-corrected chi connectivity index (χ2v) is 8.64. The van der Waals surface area contributed by atoms with Gasteiger partial charge in [0.15, 0.2) is 0 Å². The maximum absolute atomic E-state index is 13.2. The highest BCUT2D eigenvalue weighted by atomic mass is 32.1. The number of aliphatic hydroxyl groups is 1. The van der Waals surface area contributed by atoms with E-state index in [9.17, 15) is 9.90 Å². The molecule has 3 heterocycles. The van der Waals surface area contributed by atoms with Gasteiger partial charge in [-0.1, -0.05) is 0 Å². The molecule has 0 bridgehead atoms. The van der Waals surface area contributed by atoms with Gasteiger partial charge in [0.2, 0.25) is 0 Å². The molecule has 2 saturated heterocycles. The summed E-state index contributed by atoms with van der Waals surface area (Å²) in [6, 6.07) is 0. The second kappa shape index (κ2) is 7.35. The molecule has 0 spiro atoms. The average molecular weight is 365 g/mol. The lowest BCUT2D eigenvalue weighted by molar-refractivity contribution is -0.0524. The summed E-state index contributed by atoms with van der Waals surface area (Å²) in [6.45, 7) is 4.42. The number of ether oxygens (including phenoxy) is 1. The molecule has 3 aliphatic rings. The molecule has 1 aromatic rings. The molecule has 138 valence electrons. The molecule has 6 heteroatoms. The molecule has 1 aromatic heterocycles. The molecule has 0 aromatic carbocycles. The largest absolute Gasteiger partial charge is 0.384 e. The lowest BCUT2D eigenvalue weighted by Gasteiger charge is -2.34.